The van der Waals surface area contributed by atoms with Crippen LogP contribution >= 0.6 is 11.3 Å². The van der Waals surface area contributed by atoms with Gasteiger partial charge in [-0.25, -0.2) is 9.78 Å². The molecule has 0 spiro atoms. The van der Waals surface area contributed by atoms with Gasteiger partial charge < -0.3 is 24.9 Å². The lowest BCUT2D eigenvalue weighted by atomic mass is 10.0. The standard InChI is InChI=1S/C29H52F3N3O5SSi/c1-18(2)42(19(3)4,20(5)6)40-21(7)13-14-23(35-27(38)39-28(8,9)10)25(37)34-22(12-11-15-29(30,31)32)24(36)26-33-16-17-41-26/h16-24,36H,11-15H2,1-10H3,(H,34,37)(H,35,38)/t21?,22-,23-,24?/m0/s1. The predicted molar refractivity (Wildman–Crippen MR) is 163 cm³/mol. The number of aromatic nitrogens is 1. The van der Waals surface area contributed by atoms with Crippen LogP contribution in [0.4, 0.5) is 18.0 Å². The van der Waals surface area contributed by atoms with Crippen molar-refractivity contribution in [2.24, 2.45) is 0 Å². The summed E-state index contributed by atoms with van der Waals surface area (Å²) in [6.45, 7) is 20.2. The van der Waals surface area contributed by atoms with E-state index in [-0.39, 0.29) is 30.4 Å². The summed E-state index contributed by atoms with van der Waals surface area (Å²) in [5.41, 5.74) is 0.288. The predicted octanol–water partition coefficient (Wildman–Crippen LogP) is 7.65. The lowest BCUT2D eigenvalue weighted by Gasteiger charge is -2.44. The molecular weight excluding hydrogens is 587 g/mol. The number of thiazole rings is 1. The summed E-state index contributed by atoms with van der Waals surface area (Å²) in [7, 11) is -2.20. The molecule has 1 aromatic heterocycles. The molecule has 2 unspecified atom stereocenters. The van der Waals surface area contributed by atoms with Crippen LogP contribution < -0.4 is 10.6 Å². The fourth-order valence-electron chi connectivity index (χ4n) is 5.60. The number of hydrogen-bond donors (Lipinski definition) is 3. The summed E-state index contributed by atoms with van der Waals surface area (Å²) in [4.78, 5) is 30.3. The highest BCUT2D eigenvalue weighted by molar-refractivity contribution is 7.09. The molecule has 1 heterocycles. The number of hydrogen-bond acceptors (Lipinski definition) is 7. The molecule has 0 aliphatic rings. The van der Waals surface area contributed by atoms with Crippen LogP contribution in [-0.4, -0.2) is 60.4 Å². The second-order valence-electron chi connectivity index (χ2n) is 13.0. The van der Waals surface area contributed by atoms with Crippen molar-refractivity contribution >= 4 is 31.7 Å². The van der Waals surface area contributed by atoms with Crippen molar-refractivity contribution in [2.75, 3.05) is 0 Å². The third-order valence-electron chi connectivity index (χ3n) is 7.37. The van der Waals surface area contributed by atoms with Crippen LogP contribution in [0.25, 0.3) is 0 Å². The van der Waals surface area contributed by atoms with Crippen LogP contribution in [0.15, 0.2) is 11.6 Å². The highest BCUT2D eigenvalue weighted by Gasteiger charge is 2.46. The van der Waals surface area contributed by atoms with Crippen LogP contribution in [0.5, 0.6) is 0 Å². The molecule has 0 fully saturated rings. The van der Waals surface area contributed by atoms with Gasteiger partial charge in [-0.3, -0.25) is 4.79 Å². The molecule has 0 bridgehead atoms. The molecule has 0 saturated carbocycles. The molecule has 2 amide bonds. The van der Waals surface area contributed by atoms with Crippen molar-refractivity contribution in [1.29, 1.82) is 0 Å². The smallest absolute Gasteiger partial charge is 0.408 e. The Morgan fingerprint density at radius 1 is 0.976 bits per heavy atom. The number of alkyl carbamates (subject to hydrolysis) is 1. The van der Waals surface area contributed by atoms with Gasteiger partial charge in [0.15, 0.2) is 0 Å². The average molecular weight is 640 g/mol. The van der Waals surface area contributed by atoms with Gasteiger partial charge in [0.1, 0.15) is 22.8 Å². The molecule has 3 N–H and O–H groups in total. The van der Waals surface area contributed by atoms with Crippen LogP contribution in [0.1, 0.15) is 112 Å². The van der Waals surface area contributed by atoms with Gasteiger partial charge in [-0.05, 0) is 70.0 Å². The van der Waals surface area contributed by atoms with Crippen molar-refractivity contribution in [3.8, 4) is 0 Å². The molecule has 8 nitrogen and oxygen atoms in total. The van der Waals surface area contributed by atoms with E-state index in [4.69, 9.17) is 9.16 Å². The Balaban J connectivity index is 3.16. The molecule has 0 aliphatic heterocycles. The summed E-state index contributed by atoms with van der Waals surface area (Å²) < 4.78 is 50.8. The summed E-state index contributed by atoms with van der Waals surface area (Å²) in [5, 5.41) is 18.1. The zero-order valence-corrected chi connectivity index (χ0v) is 28.6. The number of carbonyl (C=O) groups is 2. The second-order valence-corrected chi connectivity index (χ2v) is 19.3. The highest BCUT2D eigenvalue weighted by atomic mass is 32.1. The van der Waals surface area contributed by atoms with Gasteiger partial charge in [0.05, 0.1) is 6.04 Å². The molecule has 42 heavy (non-hydrogen) atoms. The maximum atomic E-state index is 13.5. The van der Waals surface area contributed by atoms with Gasteiger partial charge in [0, 0.05) is 24.1 Å². The monoisotopic (exact) mass is 639 g/mol. The van der Waals surface area contributed by atoms with Crippen LogP contribution in [-0.2, 0) is 14.0 Å². The largest absolute Gasteiger partial charge is 0.444 e. The normalized spacial score (nSPS) is 15.9. The number of alkyl halides is 3. The second kappa shape index (κ2) is 16.4. The zero-order chi connectivity index (χ0) is 32.5. The van der Waals surface area contributed by atoms with Crippen LogP contribution in [0.2, 0.25) is 16.6 Å². The van der Waals surface area contributed by atoms with E-state index in [1.54, 1.807) is 26.2 Å². The summed E-state index contributed by atoms with van der Waals surface area (Å²) in [6, 6.07) is -2.10. The minimum absolute atomic E-state index is 0.129. The van der Waals surface area contributed by atoms with Crippen LogP contribution in [0, 0.1) is 0 Å². The summed E-state index contributed by atoms with van der Waals surface area (Å²) >= 11 is 1.14. The molecule has 0 saturated heterocycles. The first-order valence-corrected chi connectivity index (χ1v) is 17.8. The minimum atomic E-state index is -4.36. The number of nitrogens with zero attached hydrogens (tertiary/aromatic N) is 1. The van der Waals surface area contributed by atoms with E-state index in [0.29, 0.717) is 23.0 Å². The lowest BCUT2D eigenvalue weighted by molar-refractivity contribution is -0.136. The molecular formula is C29H52F3N3O5SSi. The molecule has 1 aromatic rings. The summed E-state index contributed by atoms with van der Waals surface area (Å²) in [5.74, 6) is -0.624. The van der Waals surface area contributed by atoms with Crippen molar-refractivity contribution in [3.05, 3.63) is 16.6 Å². The molecule has 13 heteroatoms. The average Bonchev–Trinajstić information content (AvgIpc) is 3.36. The number of halogens is 3. The zero-order valence-electron chi connectivity index (χ0n) is 26.8. The number of rotatable bonds is 16. The van der Waals surface area contributed by atoms with E-state index >= 15 is 0 Å². The third-order valence-corrected chi connectivity index (χ3v) is 14.4. The maximum absolute atomic E-state index is 13.5. The van der Waals surface area contributed by atoms with Gasteiger partial charge in [0.2, 0.25) is 14.2 Å². The van der Waals surface area contributed by atoms with E-state index in [1.165, 1.54) is 6.20 Å². The van der Waals surface area contributed by atoms with Crippen LogP contribution in [0.3, 0.4) is 0 Å². The first-order chi connectivity index (χ1) is 19.2. The summed E-state index contributed by atoms with van der Waals surface area (Å²) in [6.07, 6.45) is -6.01. The molecule has 1 rings (SSSR count). The van der Waals surface area contributed by atoms with Crippen molar-refractivity contribution in [1.82, 2.24) is 15.6 Å². The van der Waals surface area contributed by atoms with Gasteiger partial charge in [-0.1, -0.05) is 41.5 Å². The Kier molecular flexibility index (Phi) is 15.0. The Labute approximate surface area is 254 Å². The number of carbonyl (C=O) groups excluding carboxylic acids is 2. The Hall–Kier alpha value is -1.70. The molecule has 0 aromatic carbocycles. The number of amides is 2. The van der Waals surface area contributed by atoms with E-state index in [9.17, 15) is 27.9 Å². The Bertz CT molecular complexity index is 934. The topological polar surface area (TPSA) is 110 Å². The maximum Gasteiger partial charge on any atom is 0.408 e. The SMILES string of the molecule is CC(CC[C@H](NC(=O)OC(C)(C)C)C(=O)N[C@@H](CCCC(F)(F)F)C(O)c1nccs1)O[Si](C(C)C)(C(C)C)C(C)C. The Morgan fingerprint density at radius 3 is 2.00 bits per heavy atom. The fraction of sp³-hybridized carbons (Fsp3) is 0.828. The first kappa shape index (κ1) is 38.3. The molecule has 4 atom stereocenters. The van der Waals surface area contributed by atoms with Crippen molar-refractivity contribution in [3.63, 3.8) is 0 Å². The lowest BCUT2D eigenvalue weighted by Crippen LogP contribution is -2.52. The highest BCUT2D eigenvalue weighted by Crippen LogP contribution is 2.43. The van der Waals surface area contributed by atoms with Crippen molar-refractivity contribution in [2.45, 2.75) is 154 Å². The number of aliphatic hydroxyl groups is 1. The van der Waals surface area contributed by atoms with E-state index in [1.807, 2.05) is 6.92 Å². The van der Waals surface area contributed by atoms with Gasteiger partial charge in [0.25, 0.3) is 0 Å². The Morgan fingerprint density at radius 2 is 1.55 bits per heavy atom. The number of aliphatic hydroxyl groups excluding tert-OH is 1. The van der Waals surface area contributed by atoms with E-state index < -0.39 is 56.7 Å². The van der Waals surface area contributed by atoms with E-state index in [2.05, 4.69) is 57.2 Å². The van der Waals surface area contributed by atoms with Gasteiger partial charge >= 0.3 is 12.3 Å². The molecule has 244 valence electrons. The van der Waals surface area contributed by atoms with E-state index in [0.717, 1.165) is 11.3 Å². The minimum Gasteiger partial charge on any atom is -0.444 e. The third kappa shape index (κ3) is 12.5. The quantitative estimate of drug-likeness (QED) is 0.160. The number of nitrogens with one attached hydrogen (secondary N) is 2. The fourth-order valence-corrected chi connectivity index (χ4v) is 11.9. The van der Waals surface area contributed by atoms with Gasteiger partial charge in [-0.15, -0.1) is 11.3 Å². The molecule has 0 radical (unpaired) electrons. The number of ether oxygens (including phenoxy) is 1. The molecule has 0 aliphatic carbocycles. The van der Waals surface area contributed by atoms with Gasteiger partial charge in [-0.2, -0.15) is 13.2 Å². The van der Waals surface area contributed by atoms with Crippen molar-refractivity contribution < 1.29 is 37.0 Å². The first-order valence-electron chi connectivity index (χ1n) is 14.8.